The molecule has 0 amide bonds. The molecular formula is C5H9N2NaO2. The first-order chi connectivity index (χ1) is 4.23. The molecule has 1 rings (SSSR count). The SMILES string of the molecule is CC(=O)O.[NaH].c1c[nH]cn1. The summed E-state index contributed by atoms with van der Waals surface area (Å²) in [4.78, 5) is 15.4. The number of nitrogens with zero attached hydrogens (tertiary/aromatic N) is 1. The number of hydrogen-bond donors (Lipinski definition) is 2. The number of imidazole rings is 1. The van der Waals surface area contributed by atoms with Crippen molar-refractivity contribution in [1.82, 2.24) is 9.97 Å². The minimum absolute atomic E-state index is 0. The van der Waals surface area contributed by atoms with Crippen molar-refractivity contribution in [1.29, 1.82) is 0 Å². The molecule has 1 aromatic heterocycles. The van der Waals surface area contributed by atoms with Gasteiger partial charge in [0.15, 0.2) is 0 Å². The average Bonchev–Trinajstić information content (AvgIpc) is 2.11. The van der Waals surface area contributed by atoms with Crippen LogP contribution in [0.1, 0.15) is 6.92 Å². The minimum atomic E-state index is -0.833. The molecule has 1 aromatic rings. The van der Waals surface area contributed by atoms with Crippen molar-refractivity contribution < 1.29 is 9.90 Å². The first-order valence-electron chi connectivity index (χ1n) is 2.35. The topological polar surface area (TPSA) is 66.0 Å². The third kappa shape index (κ3) is 15.6. The third-order valence-corrected chi connectivity index (χ3v) is 0.406. The van der Waals surface area contributed by atoms with Gasteiger partial charge in [-0.1, -0.05) is 0 Å². The molecular weight excluding hydrogens is 143 g/mol. The molecule has 0 saturated heterocycles. The third-order valence-electron chi connectivity index (χ3n) is 0.406. The summed E-state index contributed by atoms with van der Waals surface area (Å²) in [5, 5.41) is 7.42. The fraction of sp³-hybridized carbons (Fsp3) is 0.200. The fourth-order valence-electron chi connectivity index (χ4n) is 0.215. The summed E-state index contributed by atoms with van der Waals surface area (Å²) in [6.45, 7) is 1.08. The van der Waals surface area contributed by atoms with E-state index in [-0.39, 0.29) is 29.6 Å². The van der Waals surface area contributed by atoms with E-state index >= 15 is 0 Å². The zero-order valence-electron chi connectivity index (χ0n) is 5.03. The number of aromatic amines is 1. The van der Waals surface area contributed by atoms with Gasteiger partial charge in [-0.05, 0) is 0 Å². The molecule has 0 aliphatic heterocycles. The maximum absolute atomic E-state index is 9.00. The molecule has 10 heavy (non-hydrogen) atoms. The first-order valence-corrected chi connectivity index (χ1v) is 2.35. The Balaban J connectivity index is 0. The summed E-state index contributed by atoms with van der Waals surface area (Å²) in [5.74, 6) is -0.833. The van der Waals surface area contributed by atoms with E-state index < -0.39 is 5.97 Å². The smallest absolute Gasteiger partial charge is 0.0919 e. The molecule has 0 saturated carbocycles. The molecule has 2 N–H and O–H groups in total. The Morgan fingerprint density at radius 1 is 1.70 bits per heavy atom. The van der Waals surface area contributed by atoms with Crippen molar-refractivity contribution in [3.63, 3.8) is 0 Å². The summed E-state index contributed by atoms with van der Waals surface area (Å²) >= 11 is 0. The Morgan fingerprint density at radius 3 is 2.30 bits per heavy atom. The van der Waals surface area contributed by atoms with Crippen LogP contribution in [0.5, 0.6) is 0 Å². The van der Waals surface area contributed by atoms with Gasteiger partial charge in [0.25, 0.3) is 5.97 Å². The first kappa shape index (κ1) is 12.4. The number of carboxylic acids is 1. The molecule has 0 aromatic carbocycles. The van der Waals surface area contributed by atoms with Crippen molar-refractivity contribution in [2.24, 2.45) is 0 Å². The van der Waals surface area contributed by atoms with Crippen molar-refractivity contribution in [2.75, 3.05) is 0 Å². The van der Waals surface area contributed by atoms with E-state index in [4.69, 9.17) is 9.90 Å². The Kier molecular flexibility index (Phi) is 10.7. The van der Waals surface area contributed by atoms with Crippen molar-refractivity contribution in [3.8, 4) is 0 Å². The number of rotatable bonds is 0. The number of hydrogen-bond acceptors (Lipinski definition) is 2. The fourth-order valence-corrected chi connectivity index (χ4v) is 0.215. The second-order valence-corrected chi connectivity index (χ2v) is 1.28. The molecule has 0 bridgehead atoms. The normalized spacial score (nSPS) is 6.50. The molecule has 0 aliphatic rings. The number of carbonyl (C=O) groups is 1. The molecule has 52 valence electrons. The molecule has 4 nitrogen and oxygen atoms in total. The summed E-state index contributed by atoms with van der Waals surface area (Å²) < 4.78 is 0. The van der Waals surface area contributed by atoms with Gasteiger partial charge in [-0.2, -0.15) is 0 Å². The van der Waals surface area contributed by atoms with E-state index in [2.05, 4.69) is 9.97 Å². The van der Waals surface area contributed by atoms with Gasteiger partial charge in [-0.15, -0.1) is 0 Å². The summed E-state index contributed by atoms with van der Waals surface area (Å²) in [6.07, 6.45) is 5.08. The number of carboxylic acid groups (broad SMARTS) is 1. The summed E-state index contributed by atoms with van der Waals surface area (Å²) in [6, 6.07) is 0. The van der Waals surface area contributed by atoms with Gasteiger partial charge < -0.3 is 10.1 Å². The van der Waals surface area contributed by atoms with E-state index in [1.54, 1.807) is 18.7 Å². The Bertz CT molecular complexity index is 131. The minimum Gasteiger partial charge on any atom is -0.351 e. The molecule has 0 aliphatic carbocycles. The quantitative estimate of drug-likeness (QED) is 0.508. The Morgan fingerprint density at radius 2 is 2.20 bits per heavy atom. The summed E-state index contributed by atoms with van der Waals surface area (Å²) in [5.41, 5.74) is 0. The van der Waals surface area contributed by atoms with E-state index in [0.717, 1.165) is 6.92 Å². The van der Waals surface area contributed by atoms with Crippen LogP contribution in [-0.2, 0) is 4.79 Å². The van der Waals surface area contributed by atoms with Gasteiger partial charge in [-0.3, -0.25) is 4.79 Å². The molecule has 0 atom stereocenters. The van der Waals surface area contributed by atoms with Crippen molar-refractivity contribution in [2.45, 2.75) is 6.92 Å². The van der Waals surface area contributed by atoms with Gasteiger partial charge in [0.1, 0.15) is 0 Å². The molecule has 5 heteroatoms. The zero-order valence-corrected chi connectivity index (χ0v) is 5.03. The second kappa shape index (κ2) is 8.68. The Labute approximate surface area is 81.0 Å². The maximum Gasteiger partial charge on any atom is 0.0919 e. The molecule has 1 heterocycles. The van der Waals surface area contributed by atoms with Crippen LogP contribution in [-0.4, -0.2) is 50.6 Å². The van der Waals surface area contributed by atoms with Crippen LogP contribution >= 0.6 is 0 Å². The number of aliphatic carboxylic acids is 1. The monoisotopic (exact) mass is 152 g/mol. The zero-order chi connectivity index (χ0) is 7.11. The van der Waals surface area contributed by atoms with Gasteiger partial charge in [0, 0.05) is 19.3 Å². The van der Waals surface area contributed by atoms with Crippen LogP contribution in [0, 0.1) is 0 Å². The van der Waals surface area contributed by atoms with Crippen LogP contribution in [0.15, 0.2) is 18.7 Å². The van der Waals surface area contributed by atoms with Gasteiger partial charge in [0.2, 0.25) is 0 Å². The molecule has 0 spiro atoms. The van der Waals surface area contributed by atoms with Crippen LogP contribution in [0.3, 0.4) is 0 Å². The van der Waals surface area contributed by atoms with Crippen LogP contribution in [0.4, 0.5) is 0 Å². The van der Waals surface area contributed by atoms with Gasteiger partial charge in [-0.25, -0.2) is 4.98 Å². The largest absolute Gasteiger partial charge is 0.351 e. The van der Waals surface area contributed by atoms with E-state index in [9.17, 15) is 0 Å². The molecule has 0 unspecified atom stereocenters. The van der Waals surface area contributed by atoms with Crippen molar-refractivity contribution in [3.05, 3.63) is 18.7 Å². The predicted molar refractivity (Wildman–Crippen MR) is 39.0 cm³/mol. The molecule has 0 radical (unpaired) electrons. The number of nitrogens with one attached hydrogen (secondary N) is 1. The maximum atomic E-state index is 9.00. The summed E-state index contributed by atoms with van der Waals surface area (Å²) in [7, 11) is 0. The van der Waals surface area contributed by atoms with Crippen molar-refractivity contribution >= 4 is 35.5 Å². The van der Waals surface area contributed by atoms with E-state index in [0.29, 0.717) is 0 Å². The standard InChI is InChI=1S/C3H4N2.C2H4O2.Na.H/c1-2-5-3-4-1;1-2(3)4;;/h1-3H,(H,4,5);1H3,(H,3,4);;. The average molecular weight is 152 g/mol. The predicted octanol–water partition coefficient (Wildman–Crippen LogP) is -0.148. The van der Waals surface area contributed by atoms with E-state index in [1.807, 2.05) is 0 Å². The van der Waals surface area contributed by atoms with Crippen LogP contribution in [0.2, 0.25) is 0 Å². The van der Waals surface area contributed by atoms with Crippen LogP contribution < -0.4 is 0 Å². The van der Waals surface area contributed by atoms with Gasteiger partial charge >= 0.3 is 29.6 Å². The van der Waals surface area contributed by atoms with E-state index in [1.165, 1.54) is 0 Å². The molecule has 0 fully saturated rings. The Hall–Kier alpha value is -0.320. The number of aromatic nitrogens is 2. The van der Waals surface area contributed by atoms with Crippen LogP contribution in [0.25, 0.3) is 0 Å². The second-order valence-electron chi connectivity index (χ2n) is 1.28. The number of H-pyrrole nitrogens is 1. The van der Waals surface area contributed by atoms with Gasteiger partial charge in [0.05, 0.1) is 6.33 Å².